The first-order valence-corrected chi connectivity index (χ1v) is 5.58. The minimum absolute atomic E-state index is 0.0386. The van der Waals surface area contributed by atoms with Gasteiger partial charge in [-0.1, -0.05) is 5.16 Å². The van der Waals surface area contributed by atoms with Crippen LogP contribution in [-0.2, 0) is 0 Å². The highest BCUT2D eigenvalue weighted by Crippen LogP contribution is 2.26. The van der Waals surface area contributed by atoms with E-state index in [2.05, 4.69) is 10.1 Å². The fraction of sp³-hybridized carbons (Fsp3) is 0.455. The summed E-state index contributed by atoms with van der Waals surface area (Å²) >= 11 is 0. The number of pyridine rings is 1. The minimum atomic E-state index is 0.0386. The van der Waals surface area contributed by atoms with E-state index >= 15 is 0 Å². The van der Waals surface area contributed by atoms with E-state index in [9.17, 15) is 5.11 Å². The minimum Gasteiger partial charge on any atom is -0.409 e. The third-order valence-electron chi connectivity index (χ3n) is 3.03. The molecular weight excluding hydrogens is 220 g/mol. The number of aromatic nitrogens is 1. The Labute approximate surface area is 99.4 Å². The van der Waals surface area contributed by atoms with Gasteiger partial charge < -0.3 is 20.9 Å². The first kappa shape index (κ1) is 11.7. The van der Waals surface area contributed by atoms with Crippen LogP contribution in [0.5, 0.6) is 0 Å². The van der Waals surface area contributed by atoms with Crippen molar-refractivity contribution in [1.82, 2.24) is 4.98 Å². The van der Waals surface area contributed by atoms with E-state index in [-0.39, 0.29) is 18.5 Å². The highest BCUT2D eigenvalue weighted by Gasteiger charge is 2.27. The van der Waals surface area contributed by atoms with E-state index in [4.69, 9.17) is 10.9 Å². The lowest BCUT2D eigenvalue weighted by molar-refractivity contribution is 0.266. The highest BCUT2D eigenvalue weighted by atomic mass is 16.4. The van der Waals surface area contributed by atoms with Crippen LogP contribution in [0.4, 0.5) is 5.82 Å². The molecule has 4 N–H and O–H groups in total. The van der Waals surface area contributed by atoms with Crippen LogP contribution in [-0.4, -0.2) is 40.3 Å². The van der Waals surface area contributed by atoms with Crippen molar-refractivity contribution >= 4 is 11.7 Å². The summed E-state index contributed by atoms with van der Waals surface area (Å²) in [6.07, 6.45) is 3.61. The zero-order chi connectivity index (χ0) is 12.3. The average Bonchev–Trinajstić information content (AvgIpc) is 2.86. The maximum absolute atomic E-state index is 9.30. The van der Waals surface area contributed by atoms with Crippen LogP contribution in [0, 0.1) is 0 Å². The Kier molecular flexibility index (Phi) is 3.43. The normalized spacial score (nSPS) is 20.9. The molecule has 1 aromatic rings. The van der Waals surface area contributed by atoms with Crippen LogP contribution in [0.15, 0.2) is 23.5 Å². The van der Waals surface area contributed by atoms with Crippen LogP contribution >= 0.6 is 0 Å². The molecule has 1 aliphatic heterocycles. The lowest BCUT2D eigenvalue weighted by atomic mass is 10.2. The summed E-state index contributed by atoms with van der Waals surface area (Å²) in [5.74, 6) is 0.705. The lowest BCUT2D eigenvalue weighted by Crippen LogP contribution is -2.34. The molecule has 0 aliphatic carbocycles. The summed E-state index contributed by atoms with van der Waals surface area (Å²) < 4.78 is 0. The number of rotatable bonds is 3. The number of amidine groups is 1. The molecule has 0 radical (unpaired) electrons. The summed E-state index contributed by atoms with van der Waals surface area (Å²) in [5, 5.41) is 21.1. The maximum Gasteiger partial charge on any atom is 0.173 e. The molecule has 1 aliphatic rings. The standard InChI is InChI=1S/C11H16N4O2/c12-10(14-17)9-4-1-5-13-11(9)15-6-2-3-8(15)7-16/h1,4-5,8,16-17H,2-3,6-7H2,(H2,12,14). The second-order valence-electron chi connectivity index (χ2n) is 4.03. The molecular formula is C11H16N4O2. The van der Waals surface area contributed by atoms with Crippen LogP contribution in [0.3, 0.4) is 0 Å². The predicted octanol–water partition coefficient (Wildman–Crippen LogP) is 0.137. The third kappa shape index (κ3) is 2.16. The van der Waals surface area contributed by atoms with Crippen molar-refractivity contribution in [2.45, 2.75) is 18.9 Å². The van der Waals surface area contributed by atoms with Crippen LogP contribution in [0.25, 0.3) is 0 Å². The highest BCUT2D eigenvalue weighted by molar-refractivity contribution is 6.01. The molecule has 2 rings (SSSR count). The van der Waals surface area contributed by atoms with Crippen molar-refractivity contribution in [2.75, 3.05) is 18.1 Å². The topological polar surface area (TPSA) is 95.0 Å². The number of nitrogens with two attached hydrogens (primary N) is 1. The first-order valence-electron chi connectivity index (χ1n) is 5.58. The van der Waals surface area contributed by atoms with E-state index < -0.39 is 0 Å². The zero-order valence-corrected chi connectivity index (χ0v) is 9.45. The number of hydrogen-bond acceptors (Lipinski definition) is 5. The van der Waals surface area contributed by atoms with Crippen molar-refractivity contribution in [3.05, 3.63) is 23.9 Å². The molecule has 0 saturated carbocycles. The molecule has 6 heteroatoms. The van der Waals surface area contributed by atoms with Crippen molar-refractivity contribution in [2.24, 2.45) is 10.9 Å². The summed E-state index contributed by atoms with van der Waals surface area (Å²) in [6.45, 7) is 0.917. The number of nitrogens with zero attached hydrogens (tertiary/aromatic N) is 3. The molecule has 1 fully saturated rings. The van der Waals surface area contributed by atoms with E-state index in [0.717, 1.165) is 19.4 Å². The van der Waals surface area contributed by atoms with Gasteiger partial charge in [-0.05, 0) is 25.0 Å². The summed E-state index contributed by atoms with van der Waals surface area (Å²) in [4.78, 5) is 6.28. The van der Waals surface area contributed by atoms with E-state index in [1.54, 1.807) is 18.3 Å². The van der Waals surface area contributed by atoms with Gasteiger partial charge in [-0.25, -0.2) is 4.98 Å². The van der Waals surface area contributed by atoms with Gasteiger partial charge in [-0.2, -0.15) is 0 Å². The number of aliphatic hydroxyl groups excluding tert-OH is 1. The summed E-state index contributed by atoms with van der Waals surface area (Å²) in [6, 6.07) is 3.56. The van der Waals surface area contributed by atoms with E-state index in [0.29, 0.717) is 11.4 Å². The molecule has 0 spiro atoms. The largest absolute Gasteiger partial charge is 0.409 e. The molecule has 1 atom stereocenters. The molecule has 0 amide bonds. The van der Waals surface area contributed by atoms with Gasteiger partial charge in [0.1, 0.15) is 5.82 Å². The Bertz CT molecular complexity index is 422. The maximum atomic E-state index is 9.30. The predicted molar refractivity (Wildman–Crippen MR) is 64.2 cm³/mol. The van der Waals surface area contributed by atoms with Crippen LogP contribution in [0.1, 0.15) is 18.4 Å². The Morgan fingerprint density at radius 2 is 2.47 bits per heavy atom. The monoisotopic (exact) mass is 236 g/mol. The van der Waals surface area contributed by atoms with Gasteiger partial charge in [0.15, 0.2) is 5.84 Å². The van der Waals surface area contributed by atoms with Gasteiger partial charge in [0, 0.05) is 12.7 Å². The van der Waals surface area contributed by atoms with Gasteiger partial charge in [0.25, 0.3) is 0 Å². The van der Waals surface area contributed by atoms with Crippen molar-refractivity contribution in [3.8, 4) is 0 Å². The average molecular weight is 236 g/mol. The number of aliphatic hydroxyl groups is 1. The number of anilines is 1. The van der Waals surface area contributed by atoms with Crippen LogP contribution in [0.2, 0.25) is 0 Å². The molecule has 2 heterocycles. The Morgan fingerprint density at radius 3 is 3.18 bits per heavy atom. The molecule has 6 nitrogen and oxygen atoms in total. The Balaban J connectivity index is 2.38. The van der Waals surface area contributed by atoms with Gasteiger partial charge in [-0.15, -0.1) is 0 Å². The second-order valence-corrected chi connectivity index (χ2v) is 4.03. The second kappa shape index (κ2) is 5.01. The summed E-state index contributed by atoms with van der Waals surface area (Å²) in [7, 11) is 0. The van der Waals surface area contributed by atoms with Crippen molar-refractivity contribution in [1.29, 1.82) is 0 Å². The van der Waals surface area contributed by atoms with E-state index in [1.165, 1.54) is 0 Å². The van der Waals surface area contributed by atoms with Crippen molar-refractivity contribution < 1.29 is 10.3 Å². The third-order valence-corrected chi connectivity index (χ3v) is 3.03. The fourth-order valence-electron chi connectivity index (χ4n) is 2.18. The van der Waals surface area contributed by atoms with E-state index in [1.807, 2.05) is 4.90 Å². The molecule has 1 unspecified atom stereocenters. The summed E-state index contributed by atoms with van der Waals surface area (Å²) in [5.41, 5.74) is 6.21. The van der Waals surface area contributed by atoms with Crippen LogP contribution < -0.4 is 10.6 Å². The van der Waals surface area contributed by atoms with Gasteiger partial charge in [0.05, 0.1) is 18.2 Å². The molecule has 1 saturated heterocycles. The zero-order valence-electron chi connectivity index (χ0n) is 9.45. The molecule has 0 aromatic carbocycles. The Morgan fingerprint density at radius 1 is 1.65 bits per heavy atom. The Hall–Kier alpha value is -1.82. The molecule has 1 aromatic heterocycles. The number of oxime groups is 1. The molecule has 0 bridgehead atoms. The SMILES string of the molecule is NC(=NO)c1cccnc1N1CCCC1CO. The quantitative estimate of drug-likeness (QED) is 0.300. The first-order chi connectivity index (χ1) is 8.27. The lowest BCUT2D eigenvalue weighted by Gasteiger charge is -2.25. The van der Waals surface area contributed by atoms with Gasteiger partial charge >= 0.3 is 0 Å². The van der Waals surface area contributed by atoms with Crippen molar-refractivity contribution in [3.63, 3.8) is 0 Å². The smallest absolute Gasteiger partial charge is 0.173 e. The van der Waals surface area contributed by atoms with Gasteiger partial charge in [-0.3, -0.25) is 0 Å². The fourth-order valence-corrected chi connectivity index (χ4v) is 2.18. The molecule has 92 valence electrons. The van der Waals surface area contributed by atoms with Gasteiger partial charge in [0.2, 0.25) is 0 Å². The molecule has 17 heavy (non-hydrogen) atoms. The number of hydrogen-bond donors (Lipinski definition) is 3.